The Balaban J connectivity index is 3.21. The molecule has 8 heteroatoms. The van der Waals surface area contributed by atoms with E-state index in [0.717, 1.165) is 13.2 Å². The van der Waals surface area contributed by atoms with Gasteiger partial charge < -0.3 is 10.1 Å². The van der Waals surface area contributed by atoms with Crippen molar-refractivity contribution in [3.05, 3.63) is 22.2 Å². The number of alkyl halides is 3. The van der Waals surface area contributed by atoms with Crippen LogP contribution < -0.4 is 10.1 Å². The van der Waals surface area contributed by atoms with E-state index in [1.165, 1.54) is 6.07 Å². The summed E-state index contributed by atoms with van der Waals surface area (Å²) in [5.41, 5.74) is -1.09. The molecule has 1 aromatic carbocycles. The molecule has 0 radical (unpaired) electrons. The Morgan fingerprint density at radius 3 is 2.63 bits per heavy atom. The van der Waals surface area contributed by atoms with Crippen molar-refractivity contribution in [2.45, 2.75) is 12.6 Å². The van der Waals surface area contributed by atoms with Gasteiger partial charge in [-0.3, -0.25) is 4.79 Å². The number of hydrogen-bond acceptors (Lipinski definition) is 3. The van der Waals surface area contributed by atoms with Crippen LogP contribution in [0.15, 0.2) is 16.6 Å². The lowest BCUT2D eigenvalue weighted by Crippen LogP contribution is -2.13. The summed E-state index contributed by atoms with van der Waals surface area (Å²) in [7, 11) is 1.11. The van der Waals surface area contributed by atoms with Crippen LogP contribution in [0.2, 0.25) is 0 Å². The van der Waals surface area contributed by atoms with Gasteiger partial charge in [0.15, 0.2) is 0 Å². The average molecular weight is 337 g/mol. The van der Waals surface area contributed by atoms with Gasteiger partial charge in [0.2, 0.25) is 5.91 Å². The van der Waals surface area contributed by atoms with Crippen molar-refractivity contribution in [2.75, 3.05) is 12.4 Å². The highest BCUT2D eigenvalue weighted by atomic mass is 79.9. The molecular weight excluding hydrogens is 329 g/mol. The van der Waals surface area contributed by atoms with Crippen LogP contribution in [0.3, 0.4) is 0 Å². The van der Waals surface area contributed by atoms with Gasteiger partial charge >= 0.3 is 6.18 Å². The number of ether oxygens (including phenoxy) is 1. The summed E-state index contributed by atoms with van der Waals surface area (Å²) in [4.78, 5) is 11.2. The highest BCUT2D eigenvalue weighted by molar-refractivity contribution is 9.10. The largest absolute Gasteiger partial charge is 0.495 e. The van der Waals surface area contributed by atoms with Crippen LogP contribution in [0.25, 0.3) is 0 Å². The second kappa shape index (κ2) is 5.93. The van der Waals surface area contributed by atoms with Crippen LogP contribution in [0.4, 0.5) is 18.9 Å². The van der Waals surface area contributed by atoms with Gasteiger partial charge in [-0.05, 0) is 28.1 Å². The summed E-state index contributed by atoms with van der Waals surface area (Å²) >= 11 is 2.94. The molecule has 0 aromatic heterocycles. The number of carbonyl (C=O) groups is 1. The zero-order chi connectivity index (χ0) is 14.6. The molecule has 1 N–H and O–H groups in total. The SMILES string of the molecule is COc1c(Br)cc(NC(=O)CC#N)cc1C(F)(F)F. The van der Waals surface area contributed by atoms with Crippen molar-refractivity contribution in [3.63, 3.8) is 0 Å². The molecule has 0 atom stereocenters. The topological polar surface area (TPSA) is 62.1 Å². The van der Waals surface area contributed by atoms with Gasteiger partial charge in [0, 0.05) is 5.69 Å². The van der Waals surface area contributed by atoms with Crippen LogP contribution in [0.1, 0.15) is 12.0 Å². The van der Waals surface area contributed by atoms with Gasteiger partial charge in [-0.1, -0.05) is 0 Å². The number of nitrogens with one attached hydrogen (secondary N) is 1. The van der Waals surface area contributed by atoms with E-state index in [1.807, 2.05) is 0 Å². The van der Waals surface area contributed by atoms with E-state index in [4.69, 9.17) is 5.26 Å². The number of halogens is 4. The van der Waals surface area contributed by atoms with E-state index >= 15 is 0 Å². The van der Waals surface area contributed by atoms with E-state index < -0.39 is 24.1 Å². The minimum atomic E-state index is -4.62. The molecule has 0 unspecified atom stereocenters. The maximum Gasteiger partial charge on any atom is 0.420 e. The third kappa shape index (κ3) is 3.86. The lowest BCUT2D eigenvalue weighted by molar-refractivity contribution is -0.138. The monoisotopic (exact) mass is 336 g/mol. The molecule has 0 aliphatic rings. The molecule has 0 aliphatic heterocycles. The van der Waals surface area contributed by atoms with E-state index in [1.54, 1.807) is 6.07 Å². The molecule has 1 aromatic rings. The minimum absolute atomic E-state index is 0.0529. The van der Waals surface area contributed by atoms with Gasteiger partial charge in [0.05, 0.1) is 17.7 Å². The predicted octanol–water partition coefficient (Wildman–Crippen LogP) is 3.33. The fourth-order valence-electron chi connectivity index (χ4n) is 1.36. The molecule has 0 heterocycles. The normalized spacial score (nSPS) is 10.7. The fraction of sp³-hybridized carbons (Fsp3) is 0.273. The van der Waals surface area contributed by atoms with Gasteiger partial charge in [0.1, 0.15) is 17.7 Å². The summed E-state index contributed by atoms with van der Waals surface area (Å²) in [5, 5.41) is 10.5. The smallest absolute Gasteiger partial charge is 0.420 e. The lowest BCUT2D eigenvalue weighted by atomic mass is 10.1. The van der Waals surface area contributed by atoms with Crippen molar-refractivity contribution in [1.29, 1.82) is 5.26 Å². The standard InChI is InChI=1S/C11H8BrF3N2O2/c1-19-10-7(11(13,14)15)4-6(5-8(10)12)17-9(18)2-3-16/h4-5H,2H2,1H3,(H,17,18). The van der Waals surface area contributed by atoms with E-state index in [2.05, 4.69) is 26.0 Å². The maximum atomic E-state index is 12.8. The Kier molecular flexibility index (Phi) is 4.78. The first-order chi connectivity index (χ1) is 8.79. The van der Waals surface area contributed by atoms with E-state index in [9.17, 15) is 18.0 Å². The van der Waals surface area contributed by atoms with Gasteiger partial charge in [-0.2, -0.15) is 18.4 Å². The molecule has 0 aliphatic carbocycles. The Morgan fingerprint density at radius 1 is 1.53 bits per heavy atom. The molecule has 0 spiro atoms. The molecule has 0 saturated heterocycles. The molecule has 0 bridgehead atoms. The molecule has 1 rings (SSSR count). The van der Waals surface area contributed by atoms with E-state index in [0.29, 0.717) is 0 Å². The second-order valence-electron chi connectivity index (χ2n) is 3.42. The number of methoxy groups -OCH3 is 1. The van der Waals surface area contributed by atoms with Crippen LogP contribution in [-0.2, 0) is 11.0 Å². The molecular formula is C11H8BrF3N2O2. The Labute approximate surface area is 115 Å². The molecule has 19 heavy (non-hydrogen) atoms. The highest BCUT2D eigenvalue weighted by Gasteiger charge is 2.35. The number of carbonyl (C=O) groups excluding carboxylic acids is 1. The van der Waals surface area contributed by atoms with Crippen molar-refractivity contribution >= 4 is 27.5 Å². The molecule has 4 nitrogen and oxygen atoms in total. The van der Waals surface area contributed by atoms with Crippen molar-refractivity contribution < 1.29 is 22.7 Å². The van der Waals surface area contributed by atoms with Crippen molar-refractivity contribution in [3.8, 4) is 11.8 Å². The summed E-state index contributed by atoms with van der Waals surface area (Å²) < 4.78 is 43.2. The zero-order valence-electron chi connectivity index (χ0n) is 9.64. The van der Waals surface area contributed by atoms with Crippen molar-refractivity contribution in [1.82, 2.24) is 0 Å². The molecule has 0 fully saturated rings. The fourth-order valence-corrected chi connectivity index (χ4v) is 1.98. The third-order valence-electron chi connectivity index (χ3n) is 2.08. The Bertz CT molecular complexity index is 538. The number of amides is 1. The second-order valence-corrected chi connectivity index (χ2v) is 4.27. The Hall–Kier alpha value is -1.75. The number of anilines is 1. The third-order valence-corrected chi connectivity index (χ3v) is 2.67. The van der Waals surface area contributed by atoms with Crippen molar-refractivity contribution in [2.24, 2.45) is 0 Å². The summed E-state index contributed by atoms with van der Waals surface area (Å²) in [6, 6.07) is 3.62. The first-order valence-corrected chi connectivity index (χ1v) is 5.70. The molecule has 102 valence electrons. The summed E-state index contributed by atoms with van der Waals surface area (Å²) in [5.74, 6) is -1.06. The maximum absolute atomic E-state index is 12.8. The number of rotatable bonds is 3. The average Bonchev–Trinajstić information content (AvgIpc) is 2.27. The number of nitriles is 1. The first kappa shape index (κ1) is 15.3. The zero-order valence-corrected chi connectivity index (χ0v) is 11.2. The van der Waals surface area contributed by atoms with Gasteiger partial charge in [0.25, 0.3) is 0 Å². The minimum Gasteiger partial charge on any atom is -0.495 e. The highest BCUT2D eigenvalue weighted by Crippen LogP contribution is 2.42. The summed E-state index contributed by atoms with van der Waals surface area (Å²) in [6.07, 6.45) is -5.06. The van der Waals surface area contributed by atoms with Gasteiger partial charge in [-0.25, -0.2) is 0 Å². The molecule has 0 saturated carbocycles. The quantitative estimate of drug-likeness (QED) is 0.920. The lowest BCUT2D eigenvalue weighted by Gasteiger charge is -2.15. The Morgan fingerprint density at radius 2 is 2.16 bits per heavy atom. The van der Waals surface area contributed by atoms with Crippen LogP contribution >= 0.6 is 15.9 Å². The van der Waals surface area contributed by atoms with Crippen LogP contribution in [0, 0.1) is 11.3 Å². The van der Waals surface area contributed by atoms with Crippen LogP contribution in [0.5, 0.6) is 5.75 Å². The number of benzene rings is 1. The first-order valence-electron chi connectivity index (χ1n) is 4.91. The number of nitrogens with zero attached hydrogens (tertiary/aromatic N) is 1. The molecule has 1 amide bonds. The number of hydrogen-bond donors (Lipinski definition) is 1. The van der Waals surface area contributed by atoms with E-state index in [-0.39, 0.29) is 15.9 Å². The van der Waals surface area contributed by atoms with Crippen LogP contribution in [-0.4, -0.2) is 13.0 Å². The van der Waals surface area contributed by atoms with Gasteiger partial charge in [-0.15, -0.1) is 0 Å². The summed E-state index contributed by atoms with van der Waals surface area (Å²) in [6.45, 7) is 0. The predicted molar refractivity (Wildman–Crippen MR) is 64.6 cm³/mol.